The summed E-state index contributed by atoms with van der Waals surface area (Å²) in [6.07, 6.45) is -5.71. The summed E-state index contributed by atoms with van der Waals surface area (Å²) in [4.78, 5) is 0. The Morgan fingerprint density at radius 2 is 2.08 bits per heavy atom. The predicted molar refractivity (Wildman–Crippen MR) is 37.7 cm³/mol. The smallest absolute Gasteiger partial charge is 0.449 e. The van der Waals surface area contributed by atoms with E-state index in [1.165, 1.54) is 0 Å². The van der Waals surface area contributed by atoms with Crippen LogP contribution in [0.15, 0.2) is 16.5 Å². The number of rotatable bonds is 2. The van der Waals surface area contributed by atoms with Crippen molar-refractivity contribution in [2.24, 2.45) is 5.73 Å². The van der Waals surface area contributed by atoms with Gasteiger partial charge in [-0.3, -0.25) is 0 Å². The molecule has 0 aromatic carbocycles. The number of furan rings is 1. The van der Waals surface area contributed by atoms with Crippen LogP contribution < -0.4 is 5.73 Å². The van der Waals surface area contributed by atoms with Crippen LogP contribution in [0.25, 0.3) is 0 Å². The molecular weight excluding hydrogens is 187 g/mol. The zero-order valence-corrected chi connectivity index (χ0v) is 6.51. The highest BCUT2D eigenvalue weighted by atomic mass is 19.4. The van der Waals surface area contributed by atoms with Crippen LogP contribution in [0, 0.1) is 0 Å². The third-order valence-electron chi connectivity index (χ3n) is 1.46. The molecule has 13 heavy (non-hydrogen) atoms. The van der Waals surface area contributed by atoms with Gasteiger partial charge in [0.05, 0.1) is 0 Å². The SMILES string of the molecule is NC[C@@H](O)c1ccc(C(F)(F)F)o1. The third kappa shape index (κ3) is 2.22. The van der Waals surface area contributed by atoms with Crippen molar-refractivity contribution in [3.05, 3.63) is 23.7 Å². The van der Waals surface area contributed by atoms with Crippen molar-refractivity contribution in [1.82, 2.24) is 0 Å². The molecule has 0 saturated heterocycles. The number of aliphatic hydroxyl groups excluding tert-OH is 1. The summed E-state index contributed by atoms with van der Waals surface area (Å²) in [6.45, 7) is -0.176. The van der Waals surface area contributed by atoms with E-state index in [9.17, 15) is 13.2 Å². The number of hydrogen-bond acceptors (Lipinski definition) is 3. The molecule has 1 rings (SSSR count). The molecule has 0 radical (unpaired) electrons. The molecule has 3 nitrogen and oxygen atoms in total. The van der Waals surface area contributed by atoms with Gasteiger partial charge in [0, 0.05) is 6.54 Å². The van der Waals surface area contributed by atoms with E-state index in [0.29, 0.717) is 0 Å². The minimum absolute atomic E-state index is 0.171. The number of halogens is 3. The first kappa shape index (κ1) is 10.1. The van der Waals surface area contributed by atoms with Crippen molar-refractivity contribution in [2.75, 3.05) is 6.54 Å². The second-order valence-corrected chi connectivity index (χ2v) is 2.45. The van der Waals surface area contributed by atoms with Gasteiger partial charge < -0.3 is 15.3 Å². The highest BCUT2D eigenvalue weighted by Gasteiger charge is 2.35. The molecule has 1 aromatic heterocycles. The summed E-state index contributed by atoms with van der Waals surface area (Å²) in [5.74, 6) is -1.30. The Balaban J connectivity index is 2.87. The van der Waals surface area contributed by atoms with Gasteiger partial charge in [-0.15, -0.1) is 0 Å². The fourth-order valence-electron chi connectivity index (χ4n) is 0.800. The Hall–Kier alpha value is -1.01. The van der Waals surface area contributed by atoms with Crippen LogP contribution in [0.4, 0.5) is 13.2 Å². The molecule has 1 heterocycles. The van der Waals surface area contributed by atoms with E-state index in [1.54, 1.807) is 0 Å². The highest BCUT2D eigenvalue weighted by Crippen LogP contribution is 2.31. The second-order valence-electron chi connectivity index (χ2n) is 2.45. The molecule has 6 heteroatoms. The maximum Gasteiger partial charge on any atom is 0.449 e. The molecule has 1 atom stereocenters. The maximum absolute atomic E-state index is 12.0. The lowest BCUT2D eigenvalue weighted by molar-refractivity contribution is -0.153. The van der Waals surface area contributed by atoms with Crippen molar-refractivity contribution < 1.29 is 22.7 Å². The van der Waals surface area contributed by atoms with Crippen molar-refractivity contribution in [2.45, 2.75) is 12.3 Å². The van der Waals surface area contributed by atoms with Crippen LogP contribution >= 0.6 is 0 Å². The zero-order valence-electron chi connectivity index (χ0n) is 6.51. The first-order valence-corrected chi connectivity index (χ1v) is 3.50. The van der Waals surface area contributed by atoms with Gasteiger partial charge in [0.2, 0.25) is 5.76 Å². The summed E-state index contributed by atoms with van der Waals surface area (Å²) in [6, 6.07) is 1.81. The van der Waals surface area contributed by atoms with Crippen molar-refractivity contribution in [3.63, 3.8) is 0 Å². The molecule has 0 saturated carbocycles. The van der Waals surface area contributed by atoms with Gasteiger partial charge in [-0.2, -0.15) is 13.2 Å². The average Bonchev–Trinajstić information content (AvgIpc) is 2.50. The molecule has 0 aliphatic heterocycles. The van der Waals surface area contributed by atoms with Crippen molar-refractivity contribution in [1.29, 1.82) is 0 Å². The van der Waals surface area contributed by atoms with Crippen molar-refractivity contribution in [3.8, 4) is 0 Å². The van der Waals surface area contributed by atoms with Crippen LogP contribution in [-0.2, 0) is 6.18 Å². The topological polar surface area (TPSA) is 59.4 Å². The summed E-state index contributed by atoms with van der Waals surface area (Å²) in [7, 11) is 0. The molecule has 0 bridgehead atoms. The van der Waals surface area contributed by atoms with E-state index < -0.39 is 18.0 Å². The number of alkyl halides is 3. The minimum atomic E-state index is -4.52. The van der Waals surface area contributed by atoms with Crippen LogP contribution in [0.5, 0.6) is 0 Å². The summed E-state index contributed by atoms with van der Waals surface area (Å²) >= 11 is 0. The minimum Gasteiger partial charge on any atom is -0.454 e. The lowest BCUT2D eigenvalue weighted by Crippen LogP contribution is -2.10. The summed E-state index contributed by atoms with van der Waals surface area (Å²) in [5, 5.41) is 9.02. The van der Waals surface area contributed by atoms with Crippen LogP contribution in [-0.4, -0.2) is 11.7 Å². The molecule has 0 fully saturated rings. The van der Waals surface area contributed by atoms with E-state index in [-0.39, 0.29) is 12.3 Å². The lowest BCUT2D eigenvalue weighted by Gasteiger charge is -2.04. The number of nitrogens with two attached hydrogens (primary N) is 1. The Kier molecular flexibility index (Phi) is 2.63. The van der Waals surface area contributed by atoms with Gasteiger partial charge in [-0.1, -0.05) is 0 Å². The largest absolute Gasteiger partial charge is 0.454 e. The van der Waals surface area contributed by atoms with Gasteiger partial charge in [-0.25, -0.2) is 0 Å². The molecule has 0 aliphatic carbocycles. The first-order chi connectivity index (χ1) is 5.95. The highest BCUT2D eigenvalue weighted by molar-refractivity contribution is 5.11. The molecule has 0 spiro atoms. The summed E-state index contributed by atoms with van der Waals surface area (Å²) in [5.41, 5.74) is 5.03. The van der Waals surface area contributed by atoms with Crippen LogP contribution in [0.3, 0.4) is 0 Å². The average molecular weight is 195 g/mol. The third-order valence-corrected chi connectivity index (χ3v) is 1.46. The second kappa shape index (κ2) is 3.39. The van der Waals surface area contributed by atoms with Gasteiger partial charge in [0.25, 0.3) is 0 Å². The number of aliphatic hydroxyl groups is 1. The van der Waals surface area contributed by atoms with E-state index >= 15 is 0 Å². The Labute approximate surface area is 72.0 Å². The zero-order chi connectivity index (χ0) is 10.1. The van der Waals surface area contributed by atoms with Crippen molar-refractivity contribution >= 4 is 0 Å². The number of hydrogen-bond donors (Lipinski definition) is 2. The molecule has 0 unspecified atom stereocenters. The van der Waals surface area contributed by atoms with E-state index in [0.717, 1.165) is 12.1 Å². The fourth-order valence-corrected chi connectivity index (χ4v) is 0.800. The quantitative estimate of drug-likeness (QED) is 0.747. The van der Waals surface area contributed by atoms with E-state index in [1.807, 2.05) is 0 Å². The predicted octanol–water partition coefficient (Wildman–Crippen LogP) is 1.29. The Bertz CT molecular complexity index is 282. The van der Waals surface area contributed by atoms with Crippen LogP contribution in [0.1, 0.15) is 17.6 Å². The molecule has 74 valence electrons. The van der Waals surface area contributed by atoms with E-state index in [2.05, 4.69) is 4.42 Å². The van der Waals surface area contributed by atoms with Gasteiger partial charge >= 0.3 is 6.18 Å². The van der Waals surface area contributed by atoms with E-state index in [4.69, 9.17) is 10.8 Å². The standard InChI is InChI=1S/C7H8F3NO2/c8-7(9,10)6-2-1-5(13-6)4(12)3-11/h1-2,4,12H,3,11H2/t4-/m1/s1. The Morgan fingerprint density at radius 1 is 1.46 bits per heavy atom. The monoisotopic (exact) mass is 195 g/mol. The fraction of sp³-hybridized carbons (Fsp3) is 0.429. The van der Waals surface area contributed by atoms with Gasteiger partial charge in [0.15, 0.2) is 0 Å². The first-order valence-electron chi connectivity index (χ1n) is 3.50. The van der Waals surface area contributed by atoms with Gasteiger partial charge in [-0.05, 0) is 12.1 Å². The maximum atomic E-state index is 12.0. The molecule has 0 aliphatic rings. The lowest BCUT2D eigenvalue weighted by atomic mass is 10.3. The summed E-state index contributed by atoms with van der Waals surface area (Å²) < 4.78 is 40.2. The van der Waals surface area contributed by atoms with Crippen LogP contribution in [0.2, 0.25) is 0 Å². The molecular formula is C7H8F3NO2. The molecule has 1 aromatic rings. The normalized spacial score (nSPS) is 14.5. The molecule has 3 N–H and O–H groups in total. The Morgan fingerprint density at radius 3 is 2.46 bits per heavy atom. The van der Waals surface area contributed by atoms with Gasteiger partial charge in [0.1, 0.15) is 11.9 Å². The molecule has 0 amide bonds.